The van der Waals surface area contributed by atoms with Crippen LogP contribution in [0.3, 0.4) is 0 Å². The zero-order chi connectivity index (χ0) is 51.4. The highest BCUT2D eigenvalue weighted by molar-refractivity contribution is 5.70. The van der Waals surface area contributed by atoms with Crippen molar-refractivity contribution in [2.75, 3.05) is 78.7 Å². The third kappa shape index (κ3) is 59.0. The van der Waals surface area contributed by atoms with Crippen LogP contribution in [0.1, 0.15) is 297 Å². The van der Waals surface area contributed by atoms with Crippen molar-refractivity contribution in [3.63, 3.8) is 0 Å². The van der Waals surface area contributed by atoms with Gasteiger partial charge in [-0.15, -0.1) is 0 Å². The van der Waals surface area contributed by atoms with Gasteiger partial charge in [-0.25, -0.2) is 0 Å². The minimum absolute atomic E-state index is 0.0704. The molecule has 0 spiro atoms. The lowest BCUT2D eigenvalue weighted by Crippen LogP contribution is -2.37. The number of carbonyl (C=O) groups is 3. The second-order valence-electron chi connectivity index (χ2n) is 21.1. The number of esters is 3. The minimum atomic E-state index is -0.0917. The second kappa shape index (κ2) is 60.8. The summed E-state index contributed by atoms with van der Waals surface area (Å²) in [7, 11) is 0. The number of unbranched alkanes of at least 4 members (excludes halogenated alkanes) is 34. The van der Waals surface area contributed by atoms with Crippen molar-refractivity contribution in [1.82, 2.24) is 20.9 Å². The molecule has 0 aliphatic heterocycles. The first-order valence-corrected chi connectivity index (χ1v) is 31.3. The molecule has 0 aromatic rings. The van der Waals surface area contributed by atoms with Crippen molar-refractivity contribution in [3.05, 3.63) is 0 Å². The first-order valence-electron chi connectivity index (χ1n) is 31.3. The van der Waals surface area contributed by atoms with Gasteiger partial charge in [0.2, 0.25) is 0 Å². The standard InChI is InChI=1S/C61H122N4O6/c1-4-7-10-13-16-19-22-25-28-31-32-35-38-56-69-59(66)44-41-47-62-48-49-63-50-51-64-52-55-65(53-42-45-60(67)70-57-39-36-33-29-26-23-20-17-14-11-8-5-2)54-43-46-61(68)71-58-40-37-34-30-27-24-21-18-15-12-9-6-3/h62-64H,4-58H2,1-3H3. The van der Waals surface area contributed by atoms with E-state index in [1.54, 1.807) is 0 Å². The Morgan fingerprint density at radius 3 is 0.803 bits per heavy atom. The van der Waals surface area contributed by atoms with Crippen LogP contribution >= 0.6 is 0 Å². The molecular weight excluding hydrogens is 885 g/mol. The molecule has 0 bridgehead atoms. The van der Waals surface area contributed by atoms with Crippen molar-refractivity contribution in [2.24, 2.45) is 0 Å². The molecule has 0 heterocycles. The molecule has 3 N–H and O–H groups in total. The van der Waals surface area contributed by atoms with Crippen molar-refractivity contribution >= 4 is 17.9 Å². The maximum absolute atomic E-state index is 12.6. The molecule has 0 aliphatic rings. The van der Waals surface area contributed by atoms with Crippen LogP contribution in [0.4, 0.5) is 0 Å². The normalized spacial score (nSPS) is 11.5. The van der Waals surface area contributed by atoms with Crippen LogP contribution in [0.15, 0.2) is 0 Å². The first kappa shape index (κ1) is 69.2. The number of nitrogens with zero attached hydrogens (tertiary/aromatic N) is 1. The van der Waals surface area contributed by atoms with E-state index in [1.165, 1.54) is 199 Å². The number of ether oxygens (including phenoxy) is 3. The molecule has 0 fully saturated rings. The summed E-state index contributed by atoms with van der Waals surface area (Å²) in [6.07, 6.45) is 51.9. The van der Waals surface area contributed by atoms with E-state index in [-0.39, 0.29) is 17.9 Å². The molecular formula is C61H122N4O6. The number of carbonyl (C=O) groups excluding carboxylic acids is 3. The minimum Gasteiger partial charge on any atom is -0.466 e. The van der Waals surface area contributed by atoms with E-state index < -0.39 is 0 Å². The smallest absolute Gasteiger partial charge is 0.305 e. The van der Waals surface area contributed by atoms with Crippen LogP contribution in [-0.4, -0.2) is 102 Å². The van der Waals surface area contributed by atoms with E-state index >= 15 is 0 Å². The van der Waals surface area contributed by atoms with Gasteiger partial charge in [-0.3, -0.25) is 14.4 Å². The van der Waals surface area contributed by atoms with Gasteiger partial charge >= 0.3 is 17.9 Å². The molecule has 422 valence electrons. The van der Waals surface area contributed by atoms with E-state index in [0.717, 1.165) is 117 Å². The maximum atomic E-state index is 12.6. The maximum Gasteiger partial charge on any atom is 0.305 e. The number of rotatable bonds is 61. The summed E-state index contributed by atoms with van der Waals surface area (Å²) in [6, 6.07) is 0. The first-order chi connectivity index (χ1) is 35.0. The van der Waals surface area contributed by atoms with Crippen molar-refractivity contribution in [3.8, 4) is 0 Å². The van der Waals surface area contributed by atoms with Gasteiger partial charge in [0.15, 0.2) is 0 Å². The average Bonchev–Trinajstić information content (AvgIpc) is 3.37. The molecule has 0 aromatic carbocycles. The van der Waals surface area contributed by atoms with Crippen LogP contribution < -0.4 is 16.0 Å². The molecule has 0 saturated carbocycles. The summed E-state index contributed by atoms with van der Waals surface area (Å²) < 4.78 is 16.6. The topological polar surface area (TPSA) is 118 Å². The van der Waals surface area contributed by atoms with E-state index in [2.05, 4.69) is 41.6 Å². The summed E-state index contributed by atoms with van der Waals surface area (Å²) in [5.41, 5.74) is 0. The Hall–Kier alpha value is -1.75. The Morgan fingerprint density at radius 1 is 0.268 bits per heavy atom. The van der Waals surface area contributed by atoms with Gasteiger partial charge in [0.25, 0.3) is 0 Å². The summed E-state index contributed by atoms with van der Waals surface area (Å²) in [5.74, 6) is -0.254. The third-order valence-electron chi connectivity index (χ3n) is 14.0. The highest BCUT2D eigenvalue weighted by Crippen LogP contribution is 2.15. The van der Waals surface area contributed by atoms with Crippen molar-refractivity contribution < 1.29 is 28.6 Å². The predicted molar refractivity (Wildman–Crippen MR) is 303 cm³/mol. The van der Waals surface area contributed by atoms with Crippen molar-refractivity contribution in [1.29, 1.82) is 0 Å². The lowest BCUT2D eigenvalue weighted by Gasteiger charge is -2.22. The van der Waals surface area contributed by atoms with Crippen LogP contribution in [-0.2, 0) is 28.6 Å². The molecule has 0 amide bonds. The Labute approximate surface area is 441 Å². The van der Waals surface area contributed by atoms with Crippen molar-refractivity contribution in [2.45, 2.75) is 297 Å². The van der Waals surface area contributed by atoms with Gasteiger partial charge in [0, 0.05) is 58.5 Å². The van der Waals surface area contributed by atoms with Gasteiger partial charge < -0.3 is 35.1 Å². The fourth-order valence-electron chi connectivity index (χ4n) is 9.33. The summed E-state index contributed by atoms with van der Waals surface area (Å²) in [4.78, 5) is 39.6. The van der Waals surface area contributed by atoms with Crippen LogP contribution in [0.25, 0.3) is 0 Å². The zero-order valence-corrected chi connectivity index (χ0v) is 47.8. The monoisotopic (exact) mass is 1010 g/mol. The summed E-state index contributed by atoms with van der Waals surface area (Å²) >= 11 is 0. The molecule has 10 nitrogen and oxygen atoms in total. The number of nitrogens with one attached hydrogen (secondary N) is 3. The highest BCUT2D eigenvalue weighted by atomic mass is 16.5. The fraction of sp³-hybridized carbons (Fsp3) is 0.951. The van der Waals surface area contributed by atoms with E-state index in [4.69, 9.17) is 14.2 Å². The molecule has 0 atom stereocenters. The lowest BCUT2D eigenvalue weighted by atomic mass is 10.0. The number of hydrogen-bond donors (Lipinski definition) is 3. The van der Waals surface area contributed by atoms with Gasteiger partial charge in [0.1, 0.15) is 0 Å². The van der Waals surface area contributed by atoms with Crippen LogP contribution in [0.5, 0.6) is 0 Å². The van der Waals surface area contributed by atoms with Crippen LogP contribution in [0, 0.1) is 0 Å². The Balaban J connectivity index is 4.14. The van der Waals surface area contributed by atoms with E-state index in [1.807, 2.05) is 0 Å². The molecule has 0 aromatic heterocycles. The van der Waals surface area contributed by atoms with Gasteiger partial charge in [-0.2, -0.15) is 0 Å². The van der Waals surface area contributed by atoms with Gasteiger partial charge in [0.05, 0.1) is 19.8 Å². The fourth-order valence-corrected chi connectivity index (χ4v) is 9.33. The number of hydrogen-bond acceptors (Lipinski definition) is 10. The summed E-state index contributed by atoms with van der Waals surface area (Å²) in [6.45, 7) is 16.1. The molecule has 0 aliphatic carbocycles. The molecule has 0 saturated heterocycles. The highest BCUT2D eigenvalue weighted by Gasteiger charge is 2.11. The zero-order valence-electron chi connectivity index (χ0n) is 47.8. The SMILES string of the molecule is CCCCCCCCCCCCCCCOC(=O)CCCNCCNCCNCCN(CCCC(=O)OCCCCCCCCCCCCCC)CCCC(=O)OCCCCCCCCCCCCCC. The largest absolute Gasteiger partial charge is 0.466 e. The van der Waals surface area contributed by atoms with E-state index in [0.29, 0.717) is 39.1 Å². The molecule has 0 rings (SSSR count). The Kier molecular flexibility index (Phi) is 59.3. The quantitative estimate of drug-likeness (QED) is 0.0309. The molecule has 0 unspecified atom stereocenters. The Morgan fingerprint density at radius 2 is 0.507 bits per heavy atom. The second-order valence-corrected chi connectivity index (χ2v) is 21.1. The Bertz CT molecular complexity index is 1030. The molecule has 71 heavy (non-hydrogen) atoms. The molecule has 0 radical (unpaired) electrons. The lowest BCUT2D eigenvalue weighted by molar-refractivity contribution is -0.144. The predicted octanol–water partition coefficient (Wildman–Crippen LogP) is 15.5. The van der Waals surface area contributed by atoms with Gasteiger partial charge in [-0.1, -0.05) is 239 Å². The van der Waals surface area contributed by atoms with Gasteiger partial charge in [-0.05, 0) is 58.2 Å². The van der Waals surface area contributed by atoms with Crippen LogP contribution in [0.2, 0.25) is 0 Å². The summed E-state index contributed by atoms with van der Waals surface area (Å²) in [5, 5.41) is 10.5. The molecule has 10 heteroatoms. The van der Waals surface area contributed by atoms with E-state index in [9.17, 15) is 14.4 Å². The third-order valence-corrected chi connectivity index (χ3v) is 14.0. The average molecular weight is 1010 g/mol.